The fourth-order valence-electron chi connectivity index (χ4n) is 2.33. The summed E-state index contributed by atoms with van der Waals surface area (Å²) < 4.78 is 0. The van der Waals surface area contributed by atoms with Gasteiger partial charge in [-0.15, -0.1) is 0 Å². The van der Waals surface area contributed by atoms with Crippen LogP contribution in [-0.4, -0.2) is 16.3 Å². The van der Waals surface area contributed by atoms with E-state index in [1.54, 1.807) is 18.5 Å². The van der Waals surface area contributed by atoms with Crippen LogP contribution in [0.1, 0.15) is 37.9 Å². The highest BCUT2D eigenvalue weighted by Gasteiger charge is 2.32. The number of carbonyl (C=O) groups is 1. The Kier molecular flexibility index (Phi) is 3.09. The fourth-order valence-corrected chi connectivity index (χ4v) is 2.33. The van der Waals surface area contributed by atoms with Gasteiger partial charge in [-0.1, -0.05) is 19.3 Å². The lowest BCUT2D eigenvalue weighted by Crippen LogP contribution is -2.29. The Bertz CT molecular complexity index is 318. The average molecular weight is 204 g/mol. The number of hydrogen-bond acceptors (Lipinski definition) is 3. The predicted octanol–water partition coefficient (Wildman–Crippen LogP) is 2.17. The summed E-state index contributed by atoms with van der Waals surface area (Å²) in [5.74, 6) is 0.798. The standard InChI is InChI=1S/C12H16N2O/c15-10-12(5-2-1-3-6-12)9-11-13-7-4-8-14-11/h4,7-8,10H,1-3,5-6,9H2. The van der Waals surface area contributed by atoms with Crippen LogP contribution in [0.15, 0.2) is 18.5 Å². The first-order valence-electron chi connectivity index (χ1n) is 5.57. The van der Waals surface area contributed by atoms with Crippen LogP contribution in [0.2, 0.25) is 0 Å². The molecule has 2 rings (SSSR count). The number of aldehydes is 1. The van der Waals surface area contributed by atoms with Crippen LogP contribution in [0.4, 0.5) is 0 Å². The van der Waals surface area contributed by atoms with Crippen LogP contribution >= 0.6 is 0 Å². The number of aromatic nitrogens is 2. The third-order valence-corrected chi connectivity index (χ3v) is 3.23. The molecule has 80 valence electrons. The van der Waals surface area contributed by atoms with Crippen molar-refractivity contribution in [1.29, 1.82) is 0 Å². The van der Waals surface area contributed by atoms with Gasteiger partial charge in [0.15, 0.2) is 0 Å². The van der Waals surface area contributed by atoms with Gasteiger partial charge in [0.2, 0.25) is 0 Å². The minimum Gasteiger partial charge on any atom is -0.303 e. The number of hydrogen-bond donors (Lipinski definition) is 0. The summed E-state index contributed by atoms with van der Waals surface area (Å²) in [6, 6.07) is 1.80. The first-order chi connectivity index (χ1) is 7.35. The molecule has 0 bridgehead atoms. The predicted molar refractivity (Wildman–Crippen MR) is 57.3 cm³/mol. The second-order valence-corrected chi connectivity index (χ2v) is 4.38. The Hall–Kier alpha value is -1.25. The molecule has 3 nitrogen and oxygen atoms in total. The van der Waals surface area contributed by atoms with Crippen molar-refractivity contribution in [2.24, 2.45) is 5.41 Å². The van der Waals surface area contributed by atoms with Gasteiger partial charge in [-0.3, -0.25) is 0 Å². The summed E-state index contributed by atoms with van der Waals surface area (Å²) >= 11 is 0. The molecule has 0 aliphatic heterocycles. The molecule has 1 aliphatic carbocycles. The molecule has 3 heteroatoms. The summed E-state index contributed by atoms with van der Waals surface area (Å²) in [6.45, 7) is 0. The third-order valence-electron chi connectivity index (χ3n) is 3.23. The van der Waals surface area contributed by atoms with Gasteiger partial charge in [0, 0.05) is 24.2 Å². The van der Waals surface area contributed by atoms with Gasteiger partial charge in [0.1, 0.15) is 12.1 Å². The SMILES string of the molecule is O=CC1(Cc2ncccn2)CCCCC1. The zero-order valence-electron chi connectivity index (χ0n) is 8.85. The quantitative estimate of drug-likeness (QED) is 0.709. The molecule has 0 spiro atoms. The molecular formula is C12H16N2O. The summed E-state index contributed by atoms with van der Waals surface area (Å²) in [7, 11) is 0. The van der Waals surface area contributed by atoms with Gasteiger partial charge >= 0.3 is 0 Å². The van der Waals surface area contributed by atoms with E-state index >= 15 is 0 Å². The zero-order chi connectivity index (χ0) is 10.6. The third kappa shape index (κ3) is 2.41. The van der Waals surface area contributed by atoms with Gasteiger partial charge < -0.3 is 4.79 Å². The summed E-state index contributed by atoms with van der Waals surface area (Å²) in [5, 5.41) is 0. The fraction of sp³-hybridized carbons (Fsp3) is 0.583. The maximum atomic E-state index is 11.2. The minimum absolute atomic E-state index is 0.181. The molecular weight excluding hydrogens is 188 g/mol. The van der Waals surface area contributed by atoms with Crippen molar-refractivity contribution in [1.82, 2.24) is 9.97 Å². The van der Waals surface area contributed by atoms with Gasteiger partial charge in [-0.25, -0.2) is 9.97 Å². The molecule has 1 aromatic heterocycles. The summed E-state index contributed by atoms with van der Waals surface area (Å²) in [6.07, 6.45) is 10.9. The Morgan fingerprint density at radius 3 is 2.47 bits per heavy atom. The Labute approximate surface area is 89.9 Å². The van der Waals surface area contributed by atoms with Crippen LogP contribution in [0, 0.1) is 5.41 Å². The molecule has 0 amide bonds. The van der Waals surface area contributed by atoms with E-state index in [1.807, 2.05) is 0 Å². The van der Waals surface area contributed by atoms with E-state index in [0.29, 0.717) is 6.42 Å². The van der Waals surface area contributed by atoms with E-state index in [-0.39, 0.29) is 5.41 Å². The molecule has 0 radical (unpaired) electrons. The van der Waals surface area contributed by atoms with E-state index in [1.165, 1.54) is 6.42 Å². The van der Waals surface area contributed by atoms with Crippen molar-refractivity contribution < 1.29 is 4.79 Å². The number of carbonyl (C=O) groups excluding carboxylic acids is 1. The van der Waals surface area contributed by atoms with E-state index in [0.717, 1.165) is 37.8 Å². The van der Waals surface area contributed by atoms with E-state index in [4.69, 9.17) is 0 Å². The van der Waals surface area contributed by atoms with Crippen LogP contribution in [-0.2, 0) is 11.2 Å². The normalized spacial score (nSPS) is 19.7. The number of rotatable bonds is 3. The molecule has 0 saturated heterocycles. The molecule has 0 aromatic carbocycles. The van der Waals surface area contributed by atoms with Gasteiger partial charge in [-0.05, 0) is 18.9 Å². The second-order valence-electron chi connectivity index (χ2n) is 4.38. The molecule has 1 saturated carbocycles. The van der Waals surface area contributed by atoms with Crippen molar-refractivity contribution in [3.63, 3.8) is 0 Å². The highest BCUT2D eigenvalue weighted by molar-refractivity contribution is 5.60. The zero-order valence-corrected chi connectivity index (χ0v) is 8.85. The maximum Gasteiger partial charge on any atom is 0.129 e. The average Bonchev–Trinajstić information content (AvgIpc) is 2.32. The topological polar surface area (TPSA) is 42.9 Å². The van der Waals surface area contributed by atoms with Crippen LogP contribution in [0.3, 0.4) is 0 Å². The summed E-state index contributed by atoms with van der Waals surface area (Å²) in [5.41, 5.74) is -0.181. The van der Waals surface area contributed by atoms with Crippen molar-refractivity contribution >= 4 is 6.29 Å². The minimum atomic E-state index is -0.181. The molecule has 0 N–H and O–H groups in total. The van der Waals surface area contributed by atoms with E-state index in [2.05, 4.69) is 9.97 Å². The second kappa shape index (κ2) is 4.51. The molecule has 1 aliphatic rings. The number of nitrogens with zero attached hydrogens (tertiary/aromatic N) is 2. The maximum absolute atomic E-state index is 11.2. The highest BCUT2D eigenvalue weighted by Crippen LogP contribution is 2.36. The first kappa shape index (κ1) is 10.3. The lowest BCUT2D eigenvalue weighted by molar-refractivity contribution is -0.117. The molecule has 1 fully saturated rings. The van der Waals surface area contributed by atoms with Gasteiger partial charge in [0.25, 0.3) is 0 Å². The summed E-state index contributed by atoms with van der Waals surface area (Å²) in [4.78, 5) is 19.6. The largest absolute Gasteiger partial charge is 0.303 e. The van der Waals surface area contributed by atoms with E-state index < -0.39 is 0 Å². The molecule has 1 aromatic rings. The Morgan fingerprint density at radius 2 is 1.87 bits per heavy atom. The smallest absolute Gasteiger partial charge is 0.129 e. The first-order valence-corrected chi connectivity index (χ1v) is 5.57. The van der Waals surface area contributed by atoms with Crippen molar-refractivity contribution in [3.05, 3.63) is 24.3 Å². The van der Waals surface area contributed by atoms with Gasteiger partial charge in [0.05, 0.1) is 0 Å². The molecule has 0 atom stereocenters. The highest BCUT2D eigenvalue weighted by atomic mass is 16.1. The lowest BCUT2D eigenvalue weighted by atomic mass is 9.73. The molecule has 1 heterocycles. The van der Waals surface area contributed by atoms with E-state index in [9.17, 15) is 4.79 Å². The van der Waals surface area contributed by atoms with Crippen molar-refractivity contribution in [3.8, 4) is 0 Å². The van der Waals surface area contributed by atoms with Crippen molar-refractivity contribution in [2.45, 2.75) is 38.5 Å². The Balaban J connectivity index is 2.10. The monoisotopic (exact) mass is 204 g/mol. The van der Waals surface area contributed by atoms with Crippen LogP contribution < -0.4 is 0 Å². The van der Waals surface area contributed by atoms with Crippen LogP contribution in [0.5, 0.6) is 0 Å². The molecule has 0 unspecified atom stereocenters. The van der Waals surface area contributed by atoms with Gasteiger partial charge in [-0.2, -0.15) is 0 Å². The van der Waals surface area contributed by atoms with Crippen LogP contribution in [0.25, 0.3) is 0 Å². The molecule has 15 heavy (non-hydrogen) atoms. The Morgan fingerprint density at radius 1 is 1.20 bits per heavy atom. The lowest BCUT2D eigenvalue weighted by Gasteiger charge is -2.31. The van der Waals surface area contributed by atoms with Crippen molar-refractivity contribution in [2.75, 3.05) is 0 Å².